The molecule has 2 N–H and O–H groups in total. The lowest BCUT2D eigenvalue weighted by atomic mass is 10.2. The number of carbonyl (C=O) groups excluding carboxylic acids is 1. The molecule has 9 heteroatoms. The van der Waals surface area contributed by atoms with Crippen LogP contribution in [0.15, 0.2) is 61.1 Å². The zero-order valence-corrected chi connectivity index (χ0v) is 13.9. The highest BCUT2D eigenvalue weighted by molar-refractivity contribution is 6.02. The van der Waals surface area contributed by atoms with Gasteiger partial charge in [-0.1, -0.05) is 12.1 Å². The molecule has 0 aliphatic heterocycles. The molecule has 1 aromatic carbocycles. The minimum Gasteiger partial charge on any atom is -0.363 e. The van der Waals surface area contributed by atoms with Crippen molar-refractivity contribution in [2.24, 2.45) is 0 Å². The fourth-order valence-corrected chi connectivity index (χ4v) is 2.19. The normalized spacial score (nSPS) is 11.1. The Morgan fingerprint density at radius 3 is 2.52 bits per heavy atom. The van der Waals surface area contributed by atoms with E-state index in [9.17, 15) is 18.0 Å². The van der Waals surface area contributed by atoms with Gasteiger partial charge in [0.25, 0.3) is 5.91 Å². The lowest BCUT2D eigenvalue weighted by Crippen LogP contribution is -2.15. The first-order valence-corrected chi connectivity index (χ1v) is 7.86. The average molecular weight is 373 g/mol. The van der Waals surface area contributed by atoms with Crippen molar-refractivity contribution in [3.63, 3.8) is 0 Å². The second-order valence-corrected chi connectivity index (χ2v) is 5.49. The summed E-state index contributed by atoms with van der Waals surface area (Å²) in [6, 6.07) is 9.87. The maximum absolute atomic E-state index is 12.7. The summed E-state index contributed by atoms with van der Waals surface area (Å²) in [6.45, 7) is 0.436. The largest absolute Gasteiger partial charge is 0.416 e. The van der Waals surface area contributed by atoms with Crippen LogP contribution in [0.25, 0.3) is 0 Å². The molecule has 2 aromatic heterocycles. The zero-order valence-electron chi connectivity index (χ0n) is 13.9. The van der Waals surface area contributed by atoms with Crippen LogP contribution in [0, 0.1) is 0 Å². The Kier molecular flexibility index (Phi) is 5.30. The van der Waals surface area contributed by atoms with E-state index in [0.29, 0.717) is 12.4 Å². The fraction of sp³-hybridized carbons (Fsp3) is 0.111. The number of aromatic nitrogens is 3. The van der Waals surface area contributed by atoms with Crippen molar-refractivity contribution >= 4 is 17.4 Å². The maximum atomic E-state index is 12.7. The van der Waals surface area contributed by atoms with Gasteiger partial charge < -0.3 is 10.6 Å². The molecule has 3 rings (SSSR count). The summed E-state index contributed by atoms with van der Waals surface area (Å²) in [4.78, 5) is 24.3. The van der Waals surface area contributed by atoms with Gasteiger partial charge in [0.15, 0.2) is 0 Å². The molecule has 0 aliphatic carbocycles. The third-order valence-corrected chi connectivity index (χ3v) is 3.51. The number of hydrogen-bond donors (Lipinski definition) is 2. The smallest absolute Gasteiger partial charge is 0.363 e. The third-order valence-electron chi connectivity index (χ3n) is 3.51. The summed E-state index contributed by atoms with van der Waals surface area (Å²) >= 11 is 0. The summed E-state index contributed by atoms with van der Waals surface area (Å²) in [5.41, 5.74) is -0.0316. The van der Waals surface area contributed by atoms with Crippen LogP contribution in [0.3, 0.4) is 0 Å². The van der Waals surface area contributed by atoms with Crippen LogP contribution < -0.4 is 10.6 Å². The number of halogens is 3. The number of hydrogen-bond acceptors (Lipinski definition) is 5. The molecule has 0 unspecified atom stereocenters. The van der Waals surface area contributed by atoms with Gasteiger partial charge in [-0.15, -0.1) is 0 Å². The van der Waals surface area contributed by atoms with Gasteiger partial charge in [-0.3, -0.25) is 9.78 Å². The maximum Gasteiger partial charge on any atom is 0.416 e. The summed E-state index contributed by atoms with van der Waals surface area (Å²) in [5.74, 6) is -0.214. The highest BCUT2D eigenvalue weighted by Crippen LogP contribution is 2.30. The molecule has 2 heterocycles. The number of nitrogens with zero attached hydrogens (tertiary/aromatic N) is 3. The van der Waals surface area contributed by atoms with Crippen LogP contribution in [0.5, 0.6) is 0 Å². The van der Waals surface area contributed by atoms with Crippen LogP contribution in [0.2, 0.25) is 0 Å². The predicted molar refractivity (Wildman–Crippen MR) is 93.0 cm³/mol. The Morgan fingerprint density at radius 1 is 1.00 bits per heavy atom. The lowest BCUT2D eigenvalue weighted by molar-refractivity contribution is -0.137. The first-order chi connectivity index (χ1) is 12.9. The number of carbonyl (C=O) groups is 1. The van der Waals surface area contributed by atoms with E-state index in [0.717, 1.165) is 17.8 Å². The number of pyridine rings is 1. The van der Waals surface area contributed by atoms with Crippen LogP contribution in [0.4, 0.5) is 24.7 Å². The lowest BCUT2D eigenvalue weighted by Gasteiger charge is -2.10. The van der Waals surface area contributed by atoms with Gasteiger partial charge in [-0.25, -0.2) is 9.97 Å². The molecule has 0 aliphatic rings. The number of benzene rings is 1. The van der Waals surface area contributed by atoms with E-state index >= 15 is 0 Å². The highest BCUT2D eigenvalue weighted by atomic mass is 19.4. The summed E-state index contributed by atoms with van der Waals surface area (Å²) < 4.78 is 38.2. The third kappa shape index (κ3) is 5.00. The molecule has 0 bridgehead atoms. The molecular weight excluding hydrogens is 359 g/mol. The van der Waals surface area contributed by atoms with Crippen LogP contribution in [0.1, 0.15) is 21.7 Å². The minimum absolute atomic E-state index is 0.0178. The van der Waals surface area contributed by atoms with Crippen LogP contribution in [-0.4, -0.2) is 20.9 Å². The molecule has 6 nitrogen and oxygen atoms in total. The topological polar surface area (TPSA) is 79.8 Å². The first kappa shape index (κ1) is 18.3. The average Bonchev–Trinajstić information content (AvgIpc) is 2.67. The number of nitrogens with one attached hydrogen (secondary N) is 2. The highest BCUT2D eigenvalue weighted by Gasteiger charge is 2.30. The molecular formula is C18H14F3N5O. The minimum atomic E-state index is -4.48. The zero-order chi connectivity index (χ0) is 19.3. The van der Waals surface area contributed by atoms with E-state index in [1.807, 2.05) is 12.1 Å². The number of alkyl halides is 3. The summed E-state index contributed by atoms with van der Waals surface area (Å²) in [6.07, 6.45) is -0.209. The van der Waals surface area contributed by atoms with Crippen molar-refractivity contribution in [1.82, 2.24) is 15.0 Å². The van der Waals surface area contributed by atoms with Gasteiger partial charge in [0, 0.05) is 11.9 Å². The van der Waals surface area contributed by atoms with E-state index < -0.39 is 17.6 Å². The van der Waals surface area contributed by atoms with Crippen molar-refractivity contribution in [2.75, 3.05) is 10.6 Å². The summed E-state index contributed by atoms with van der Waals surface area (Å²) in [7, 11) is 0. The Hall–Kier alpha value is -3.49. The number of anilines is 2. The predicted octanol–water partition coefficient (Wildman–Crippen LogP) is 3.75. The monoisotopic (exact) mass is 373 g/mol. The molecule has 27 heavy (non-hydrogen) atoms. The van der Waals surface area contributed by atoms with E-state index in [1.54, 1.807) is 12.3 Å². The van der Waals surface area contributed by atoms with Crippen molar-refractivity contribution in [3.8, 4) is 0 Å². The number of amides is 1. The Balaban J connectivity index is 1.62. The van der Waals surface area contributed by atoms with Crippen molar-refractivity contribution in [3.05, 3.63) is 78.0 Å². The van der Waals surface area contributed by atoms with Crippen LogP contribution >= 0.6 is 0 Å². The van der Waals surface area contributed by atoms with Gasteiger partial charge in [-0.2, -0.15) is 13.2 Å². The molecule has 3 aromatic rings. The van der Waals surface area contributed by atoms with Gasteiger partial charge in [0.1, 0.15) is 11.5 Å². The summed E-state index contributed by atoms with van der Waals surface area (Å²) in [5, 5.41) is 5.38. The second-order valence-electron chi connectivity index (χ2n) is 5.49. The Bertz CT molecular complexity index is 914. The molecule has 0 saturated heterocycles. The van der Waals surface area contributed by atoms with Crippen molar-refractivity contribution in [1.29, 1.82) is 0 Å². The van der Waals surface area contributed by atoms with E-state index in [4.69, 9.17) is 0 Å². The molecule has 1 amide bonds. The molecule has 0 saturated carbocycles. The van der Waals surface area contributed by atoms with Gasteiger partial charge >= 0.3 is 6.18 Å². The first-order valence-electron chi connectivity index (χ1n) is 7.86. The van der Waals surface area contributed by atoms with Gasteiger partial charge in [0.05, 0.1) is 30.2 Å². The molecule has 138 valence electrons. The van der Waals surface area contributed by atoms with Crippen molar-refractivity contribution in [2.45, 2.75) is 12.7 Å². The molecule has 0 fully saturated rings. The van der Waals surface area contributed by atoms with Crippen LogP contribution in [-0.2, 0) is 12.7 Å². The van der Waals surface area contributed by atoms with E-state index in [-0.39, 0.29) is 11.4 Å². The quantitative estimate of drug-likeness (QED) is 0.712. The van der Waals surface area contributed by atoms with Crippen molar-refractivity contribution < 1.29 is 18.0 Å². The second kappa shape index (κ2) is 7.81. The fourth-order valence-electron chi connectivity index (χ4n) is 2.19. The standard InChI is InChI=1S/C18H14F3N5O/c19-18(20,21)12-4-3-6-13(8-12)26-17(27)15-10-25-16(11-23-15)24-9-14-5-1-2-7-22-14/h1-8,10-11H,9H2,(H,24,25)(H,26,27). The van der Waals surface area contributed by atoms with E-state index in [1.165, 1.54) is 24.5 Å². The van der Waals surface area contributed by atoms with Gasteiger partial charge in [-0.05, 0) is 30.3 Å². The SMILES string of the molecule is O=C(Nc1cccc(C(F)(F)F)c1)c1cnc(NCc2ccccn2)cn1. The number of rotatable bonds is 5. The van der Waals surface area contributed by atoms with E-state index in [2.05, 4.69) is 25.6 Å². The Labute approximate surface area is 152 Å². The Morgan fingerprint density at radius 2 is 1.85 bits per heavy atom. The molecule has 0 atom stereocenters. The molecule has 0 radical (unpaired) electrons. The van der Waals surface area contributed by atoms with Gasteiger partial charge in [0.2, 0.25) is 0 Å². The molecule has 0 spiro atoms.